The first-order chi connectivity index (χ1) is 7.09. The number of anilines is 2. The van der Waals surface area contributed by atoms with Crippen LogP contribution in [0.5, 0.6) is 0 Å². The van der Waals surface area contributed by atoms with Gasteiger partial charge >= 0.3 is 0 Å². The average Bonchev–Trinajstić information content (AvgIpc) is 2.29. The number of nitrogen functional groups attached to an aromatic ring is 1. The quantitative estimate of drug-likeness (QED) is 0.534. The molecule has 0 aliphatic carbocycles. The zero-order valence-corrected chi connectivity index (χ0v) is 8.20. The van der Waals surface area contributed by atoms with E-state index in [-0.39, 0.29) is 11.8 Å². The minimum atomic E-state index is -0.552. The highest BCUT2D eigenvalue weighted by Crippen LogP contribution is 2.25. The van der Waals surface area contributed by atoms with E-state index in [0.29, 0.717) is 16.9 Å². The van der Waals surface area contributed by atoms with Crippen molar-refractivity contribution in [1.82, 2.24) is 5.32 Å². The molecule has 2 rings (SSSR count). The lowest BCUT2D eigenvalue weighted by Crippen LogP contribution is -2.38. The van der Waals surface area contributed by atoms with E-state index < -0.39 is 6.04 Å². The van der Waals surface area contributed by atoms with E-state index >= 15 is 0 Å². The minimum Gasteiger partial charge on any atom is -0.397 e. The molecule has 0 spiro atoms. The molecule has 0 radical (unpaired) electrons. The fourth-order valence-corrected chi connectivity index (χ4v) is 1.47. The Balaban J connectivity index is 2.56. The molecular weight excluding hydrogens is 194 g/mol. The molecule has 5 nitrogen and oxygen atoms in total. The Morgan fingerprint density at radius 1 is 1.33 bits per heavy atom. The van der Waals surface area contributed by atoms with Crippen LogP contribution in [0, 0.1) is 0 Å². The standard InChI is InChI=1S/C10H11N3O2/c1-5-9(14)13-8-6(10(15)12-5)3-2-4-7(8)11/h2-5H,11H2,1H3,(H,12,15)(H,13,14)/t5-/m0/s1. The summed E-state index contributed by atoms with van der Waals surface area (Å²) < 4.78 is 0. The van der Waals surface area contributed by atoms with E-state index in [1.807, 2.05) is 0 Å². The topological polar surface area (TPSA) is 84.2 Å². The molecule has 1 aromatic rings. The normalized spacial score (nSPS) is 19.9. The van der Waals surface area contributed by atoms with Crippen LogP contribution in [-0.4, -0.2) is 17.9 Å². The summed E-state index contributed by atoms with van der Waals surface area (Å²) in [6.45, 7) is 1.62. The highest BCUT2D eigenvalue weighted by molar-refractivity contribution is 6.11. The molecular formula is C10H11N3O2. The largest absolute Gasteiger partial charge is 0.397 e. The number of nitrogens with two attached hydrogens (primary N) is 1. The van der Waals surface area contributed by atoms with Crippen molar-refractivity contribution < 1.29 is 9.59 Å². The number of hydrogen-bond acceptors (Lipinski definition) is 3. The summed E-state index contributed by atoms with van der Waals surface area (Å²) in [5.74, 6) is -0.553. The van der Waals surface area contributed by atoms with Gasteiger partial charge in [0.05, 0.1) is 16.9 Å². The van der Waals surface area contributed by atoms with Gasteiger partial charge in [-0.25, -0.2) is 0 Å². The predicted molar refractivity (Wildman–Crippen MR) is 56.4 cm³/mol. The van der Waals surface area contributed by atoms with Crippen molar-refractivity contribution in [2.24, 2.45) is 0 Å². The molecule has 2 amide bonds. The fourth-order valence-electron chi connectivity index (χ4n) is 1.47. The van der Waals surface area contributed by atoms with Crippen LogP contribution in [0.4, 0.5) is 11.4 Å². The van der Waals surface area contributed by atoms with Crippen molar-refractivity contribution in [3.63, 3.8) is 0 Å². The summed E-state index contributed by atoms with van der Waals surface area (Å²) in [4.78, 5) is 23.1. The van der Waals surface area contributed by atoms with E-state index in [2.05, 4.69) is 10.6 Å². The number of para-hydroxylation sites is 1. The first-order valence-corrected chi connectivity index (χ1v) is 4.60. The molecule has 4 N–H and O–H groups in total. The van der Waals surface area contributed by atoms with E-state index in [1.54, 1.807) is 25.1 Å². The predicted octanol–water partition coefficient (Wildman–Crippen LogP) is 0.339. The summed E-state index contributed by atoms with van der Waals surface area (Å²) in [6.07, 6.45) is 0. The molecule has 78 valence electrons. The summed E-state index contributed by atoms with van der Waals surface area (Å²) in [5.41, 5.74) is 6.87. The molecule has 0 saturated heterocycles. The number of nitrogens with one attached hydrogen (secondary N) is 2. The number of carbonyl (C=O) groups is 2. The molecule has 0 unspecified atom stereocenters. The van der Waals surface area contributed by atoms with Crippen LogP contribution in [0.25, 0.3) is 0 Å². The number of carbonyl (C=O) groups excluding carboxylic acids is 2. The van der Waals surface area contributed by atoms with Gasteiger partial charge in [0.1, 0.15) is 6.04 Å². The van der Waals surface area contributed by atoms with Crippen molar-refractivity contribution in [3.8, 4) is 0 Å². The maximum absolute atomic E-state index is 11.7. The molecule has 1 heterocycles. The summed E-state index contributed by atoms with van der Waals surface area (Å²) in [5, 5.41) is 5.19. The number of hydrogen-bond donors (Lipinski definition) is 3. The smallest absolute Gasteiger partial charge is 0.254 e. The summed E-state index contributed by atoms with van der Waals surface area (Å²) in [7, 11) is 0. The maximum Gasteiger partial charge on any atom is 0.254 e. The molecule has 0 fully saturated rings. The van der Waals surface area contributed by atoms with Gasteiger partial charge in [-0.3, -0.25) is 9.59 Å². The van der Waals surface area contributed by atoms with Gasteiger partial charge < -0.3 is 16.4 Å². The molecule has 5 heteroatoms. The first kappa shape index (κ1) is 9.51. The molecule has 0 saturated carbocycles. The Hall–Kier alpha value is -2.04. The molecule has 1 aliphatic rings. The number of amides is 2. The van der Waals surface area contributed by atoms with E-state index in [0.717, 1.165) is 0 Å². The Bertz CT molecular complexity index is 442. The van der Waals surface area contributed by atoms with Crippen LogP contribution in [0.2, 0.25) is 0 Å². The third kappa shape index (κ3) is 1.52. The number of fused-ring (bicyclic) bond motifs is 1. The Labute approximate surface area is 86.6 Å². The molecule has 1 atom stereocenters. The average molecular weight is 205 g/mol. The van der Waals surface area contributed by atoms with Gasteiger partial charge in [-0.05, 0) is 19.1 Å². The minimum absolute atomic E-state index is 0.264. The lowest BCUT2D eigenvalue weighted by atomic mass is 10.1. The summed E-state index contributed by atoms with van der Waals surface area (Å²) >= 11 is 0. The van der Waals surface area contributed by atoms with Gasteiger partial charge in [0, 0.05) is 0 Å². The first-order valence-electron chi connectivity index (χ1n) is 4.60. The van der Waals surface area contributed by atoms with Crippen LogP contribution in [0.1, 0.15) is 17.3 Å². The Morgan fingerprint density at radius 2 is 2.07 bits per heavy atom. The van der Waals surface area contributed by atoms with Crippen LogP contribution in [0.3, 0.4) is 0 Å². The van der Waals surface area contributed by atoms with E-state index in [9.17, 15) is 9.59 Å². The van der Waals surface area contributed by atoms with Crippen molar-refractivity contribution in [1.29, 1.82) is 0 Å². The van der Waals surface area contributed by atoms with Crippen molar-refractivity contribution in [3.05, 3.63) is 23.8 Å². The van der Waals surface area contributed by atoms with Gasteiger partial charge in [0.15, 0.2) is 0 Å². The van der Waals surface area contributed by atoms with Crippen LogP contribution < -0.4 is 16.4 Å². The van der Waals surface area contributed by atoms with Crippen molar-refractivity contribution in [2.45, 2.75) is 13.0 Å². The molecule has 0 bridgehead atoms. The van der Waals surface area contributed by atoms with Crippen molar-refractivity contribution >= 4 is 23.2 Å². The highest BCUT2D eigenvalue weighted by atomic mass is 16.2. The van der Waals surface area contributed by atoms with E-state index in [1.165, 1.54) is 0 Å². The second kappa shape index (κ2) is 3.27. The van der Waals surface area contributed by atoms with Gasteiger partial charge in [-0.2, -0.15) is 0 Å². The Kier molecular flexibility index (Phi) is 2.07. The molecule has 0 aromatic heterocycles. The lowest BCUT2D eigenvalue weighted by molar-refractivity contribution is -0.117. The molecule has 1 aliphatic heterocycles. The molecule has 1 aromatic carbocycles. The lowest BCUT2D eigenvalue weighted by Gasteiger charge is -2.08. The molecule has 15 heavy (non-hydrogen) atoms. The van der Waals surface area contributed by atoms with Crippen LogP contribution in [0.15, 0.2) is 18.2 Å². The number of benzene rings is 1. The third-order valence-electron chi connectivity index (χ3n) is 2.33. The van der Waals surface area contributed by atoms with Gasteiger partial charge in [0.25, 0.3) is 5.91 Å². The third-order valence-corrected chi connectivity index (χ3v) is 2.33. The highest BCUT2D eigenvalue weighted by Gasteiger charge is 2.25. The maximum atomic E-state index is 11.7. The van der Waals surface area contributed by atoms with Crippen LogP contribution in [-0.2, 0) is 4.79 Å². The Morgan fingerprint density at radius 3 is 2.80 bits per heavy atom. The van der Waals surface area contributed by atoms with E-state index in [4.69, 9.17) is 5.73 Å². The zero-order valence-electron chi connectivity index (χ0n) is 8.20. The SMILES string of the molecule is C[C@@H]1NC(=O)c2cccc(N)c2NC1=O. The van der Waals surface area contributed by atoms with Gasteiger partial charge in [0.2, 0.25) is 5.91 Å². The van der Waals surface area contributed by atoms with Gasteiger partial charge in [-0.1, -0.05) is 6.07 Å². The number of rotatable bonds is 0. The van der Waals surface area contributed by atoms with Gasteiger partial charge in [-0.15, -0.1) is 0 Å². The van der Waals surface area contributed by atoms with Crippen molar-refractivity contribution in [2.75, 3.05) is 11.1 Å². The monoisotopic (exact) mass is 205 g/mol. The zero-order chi connectivity index (χ0) is 11.0. The fraction of sp³-hybridized carbons (Fsp3) is 0.200. The second-order valence-corrected chi connectivity index (χ2v) is 3.45. The summed E-state index contributed by atoms with van der Waals surface area (Å²) in [6, 6.07) is 4.39. The second-order valence-electron chi connectivity index (χ2n) is 3.45. The van der Waals surface area contributed by atoms with Crippen LogP contribution >= 0.6 is 0 Å².